The minimum absolute atomic E-state index is 0.0808. The van der Waals surface area contributed by atoms with Gasteiger partial charge < -0.3 is 14.3 Å². The number of ether oxygens (including phenoxy) is 1. The summed E-state index contributed by atoms with van der Waals surface area (Å²) in [6.45, 7) is 4.14. The van der Waals surface area contributed by atoms with Crippen LogP contribution < -0.4 is 0 Å². The molecule has 0 heterocycles. The zero-order chi connectivity index (χ0) is 23.5. The van der Waals surface area contributed by atoms with Gasteiger partial charge in [-0.15, -0.1) is 0 Å². The van der Waals surface area contributed by atoms with Crippen LogP contribution in [0.1, 0.15) is 52.4 Å². The first-order valence-corrected chi connectivity index (χ1v) is 12.0. The van der Waals surface area contributed by atoms with Crippen LogP contribution in [-0.2, 0) is 19.1 Å². The fourth-order valence-corrected chi connectivity index (χ4v) is 7.37. The van der Waals surface area contributed by atoms with Crippen LogP contribution in [0.5, 0.6) is 0 Å². The summed E-state index contributed by atoms with van der Waals surface area (Å²) >= 11 is 0. The van der Waals surface area contributed by atoms with Gasteiger partial charge in [-0.3, -0.25) is 9.59 Å². The van der Waals surface area contributed by atoms with Gasteiger partial charge in [0.15, 0.2) is 18.9 Å². The SMILES string of the molecule is C[C@]12CC[C@@H]3[C@H](CCC4=CC(=O)C=C[C@]43C)[C@H]1CC[C@@]2(O)C(=O)COC(=O)C[N+](C)(C)C. The summed E-state index contributed by atoms with van der Waals surface area (Å²) in [6, 6.07) is 0. The Morgan fingerprint density at radius 3 is 2.50 bits per heavy atom. The lowest BCUT2D eigenvalue weighted by molar-refractivity contribution is -0.862. The number of ketones is 2. The highest BCUT2D eigenvalue weighted by Gasteiger charge is 2.66. The molecule has 1 N–H and O–H groups in total. The van der Waals surface area contributed by atoms with E-state index < -0.39 is 17.0 Å². The predicted molar refractivity (Wildman–Crippen MR) is 120 cm³/mol. The van der Waals surface area contributed by atoms with Gasteiger partial charge in [0.2, 0.25) is 5.78 Å². The third kappa shape index (κ3) is 3.60. The molecule has 3 saturated carbocycles. The molecule has 0 aliphatic heterocycles. The molecule has 4 rings (SSSR count). The fourth-order valence-electron chi connectivity index (χ4n) is 7.37. The monoisotopic (exact) mass is 444 g/mol. The Kier molecular flexibility index (Phi) is 5.57. The Morgan fingerprint density at radius 1 is 1.12 bits per heavy atom. The number of nitrogens with zero attached hydrogens (tertiary/aromatic N) is 1. The number of Topliss-reactive ketones (excluding diaryl/α,β-unsaturated/α-hetero) is 1. The van der Waals surface area contributed by atoms with Crippen molar-refractivity contribution in [1.29, 1.82) is 0 Å². The molecule has 32 heavy (non-hydrogen) atoms. The van der Waals surface area contributed by atoms with Crippen LogP contribution in [0.15, 0.2) is 23.8 Å². The van der Waals surface area contributed by atoms with Crippen molar-refractivity contribution in [2.45, 2.75) is 58.0 Å². The van der Waals surface area contributed by atoms with Gasteiger partial charge in [-0.25, -0.2) is 4.79 Å². The van der Waals surface area contributed by atoms with Crippen LogP contribution in [0.3, 0.4) is 0 Å². The van der Waals surface area contributed by atoms with E-state index in [9.17, 15) is 19.5 Å². The van der Waals surface area contributed by atoms with Crippen LogP contribution in [-0.4, -0.2) is 67.0 Å². The van der Waals surface area contributed by atoms with Crippen LogP contribution in [0.25, 0.3) is 0 Å². The number of aliphatic hydroxyl groups is 1. The molecule has 0 amide bonds. The van der Waals surface area contributed by atoms with E-state index in [2.05, 4.69) is 19.9 Å². The largest absolute Gasteiger partial charge is 0.453 e. The molecule has 4 aliphatic carbocycles. The van der Waals surface area contributed by atoms with Gasteiger partial charge >= 0.3 is 5.97 Å². The minimum atomic E-state index is -1.45. The van der Waals surface area contributed by atoms with E-state index in [1.807, 2.05) is 27.2 Å². The van der Waals surface area contributed by atoms with Gasteiger partial charge in [-0.1, -0.05) is 25.5 Å². The number of likely N-dealkylation sites (N-methyl/N-ethyl adjacent to an activating group) is 1. The van der Waals surface area contributed by atoms with Crippen LogP contribution in [0.4, 0.5) is 0 Å². The normalized spacial score (nSPS) is 40.8. The molecule has 4 aliphatic rings. The fraction of sp³-hybridized carbons (Fsp3) is 0.731. The van der Waals surface area contributed by atoms with Crippen LogP contribution in [0, 0.1) is 28.6 Å². The molecule has 0 aromatic carbocycles. The maximum atomic E-state index is 13.2. The smallest absolute Gasteiger partial charge is 0.362 e. The van der Waals surface area contributed by atoms with Gasteiger partial charge in [-0.2, -0.15) is 0 Å². The van der Waals surface area contributed by atoms with Gasteiger partial charge in [0.25, 0.3) is 0 Å². The molecular weight excluding hydrogens is 406 g/mol. The van der Waals surface area contributed by atoms with E-state index in [0.29, 0.717) is 22.7 Å². The van der Waals surface area contributed by atoms with E-state index >= 15 is 0 Å². The second kappa shape index (κ2) is 7.63. The molecule has 0 aromatic rings. The molecule has 0 unspecified atom stereocenters. The average molecular weight is 445 g/mol. The van der Waals surface area contributed by atoms with Gasteiger partial charge in [-0.05, 0) is 68.4 Å². The standard InChI is InChI=1S/C26H38NO5/c1-24-11-8-18(28)14-17(24)6-7-19-20(24)9-12-25(2)21(19)10-13-26(25,31)22(29)16-32-23(30)15-27(3,4)5/h8,11,14,19-21,31H,6-7,9-10,12-13,15-16H2,1-5H3/q+1/t19-,20+,21+,24+,25-,26+/m0/s1. The quantitative estimate of drug-likeness (QED) is 0.521. The Bertz CT molecular complexity index is 898. The van der Waals surface area contributed by atoms with Crippen molar-refractivity contribution in [3.8, 4) is 0 Å². The second-order valence-corrected chi connectivity index (χ2v) is 12.0. The molecule has 6 nitrogen and oxygen atoms in total. The molecule has 6 atom stereocenters. The Hall–Kier alpha value is -1.79. The lowest BCUT2D eigenvalue weighted by Gasteiger charge is -2.57. The third-order valence-electron chi connectivity index (χ3n) is 9.14. The number of allylic oxidation sites excluding steroid dienone is 4. The zero-order valence-electron chi connectivity index (χ0n) is 20.1. The second-order valence-electron chi connectivity index (χ2n) is 12.0. The zero-order valence-corrected chi connectivity index (χ0v) is 20.1. The molecular formula is C26H38NO5+. The van der Waals surface area contributed by atoms with E-state index in [1.54, 1.807) is 6.08 Å². The summed E-state index contributed by atoms with van der Waals surface area (Å²) in [7, 11) is 5.67. The lowest BCUT2D eigenvalue weighted by Crippen LogP contribution is -2.58. The van der Waals surface area contributed by atoms with Crippen molar-refractivity contribution < 1.29 is 28.7 Å². The average Bonchev–Trinajstić information content (AvgIpc) is 2.97. The first-order valence-electron chi connectivity index (χ1n) is 12.0. The molecule has 0 radical (unpaired) electrons. The third-order valence-corrected chi connectivity index (χ3v) is 9.14. The summed E-state index contributed by atoms with van der Waals surface area (Å²) < 4.78 is 5.70. The Balaban J connectivity index is 1.51. The number of rotatable bonds is 5. The molecule has 6 heteroatoms. The molecule has 176 valence electrons. The summed E-state index contributed by atoms with van der Waals surface area (Å²) in [6.07, 6.45) is 10.4. The number of fused-ring (bicyclic) bond motifs is 5. The highest BCUT2D eigenvalue weighted by molar-refractivity contribution is 6.01. The maximum Gasteiger partial charge on any atom is 0.362 e. The Labute approximate surface area is 191 Å². The summed E-state index contributed by atoms with van der Waals surface area (Å²) in [5.41, 5.74) is -0.828. The number of hydrogen-bond acceptors (Lipinski definition) is 5. The van der Waals surface area contributed by atoms with Crippen LogP contribution in [0.2, 0.25) is 0 Å². The van der Waals surface area contributed by atoms with E-state index in [1.165, 1.54) is 5.57 Å². The van der Waals surface area contributed by atoms with Crippen molar-refractivity contribution in [2.24, 2.45) is 28.6 Å². The molecule has 0 saturated heterocycles. The van der Waals surface area contributed by atoms with E-state index in [4.69, 9.17) is 4.74 Å². The molecule has 0 bridgehead atoms. The summed E-state index contributed by atoms with van der Waals surface area (Å²) in [4.78, 5) is 37.2. The maximum absolute atomic E-state index is 13.2. The number of hydrogen-bond donors (Lipinski definition) is 1. The minimum Gasteiger partial charge on any atom is -0.453 e. The van der Waals surface area contributed by atoms with Crippen molar-refractivity contribution >= 4 is 17.5 Å². The van der Waals surface area contributed by atoms with Crippen molar-refractivity contribution in [1.82, 2.24) is 0 Å². The van der Waals surface area contributed by atoms with Gasteiger partial charge in [0.05, 0.1) is 21.1 Å². The van der Waals surface area contributed by atoms with Gasteiger partial charge in [0.1, 0.15) is 5.60 Å². The first kappa shape index (κ1) is 23.4. The number of esters is 1. The molecule has 0 aromatic heterocycles. The summed E-state index contributed by atoms with van der Waals surface area (Å²) in [5, 5.41) is 11.7. The van der Waals surface area contributed by atoms with Crippen molar-refractivity contribution in [2.75, 3.05) is 34.3 Å². The molecule has 0 spiro atoms. The number of carbonyl (C=O) groups is 3. The van der Waals surface area contributed by atoms with E-state index in [-0.39, 0.29) is 36.1 Å². The number of carbonyl (C=O) groups excluding carboxylic acids is 3. The van der Waals surface area contributed by atoms with Crippen LogP contribution >= 0.6 is 0 Å². The topological polar surface area (TPSA) is 80.7 Å². The summed E-state index contributed by atoms with van der Waals surface area (Å²) in [5.74, 6) is 0.386. The van der Waals surface area contributed by atoms with E-state index in [0.717, 1.165) is 32.1 Å². The van der Waals surface area contributed by atoms with Crippen molar-refractivity contribution in [3.05, 3.63) is 23.8 Å². The van der Waals surface area contributed by atoms with Crippen molar-refractivity contribution in [3.63, 3.8) is 0 Å². The molecule has 3 fully saturated rings. The predicted octanol–water partition coefficient (Wildman–Crippen LogP) is 2.84. The number of quaternary nitrogens is 1. The first-order chi connectivity index (χ1) is 14.8. The highest BCUT2D eigenvalue weighted by atomic mass is 16.5. The lowest BCUT2D eigenvalue weighted by atomic mass is 9.47. The Morgan fingerprint density at radius 2 is 1.81 bits per heavy atom. The van der Waals surface area contributed by atoms with Gasteiger partial charge in [0, 0.05) is 10.8 Å². The highest BCUT2D eigenvalue weighted by Crippen LogP contribution is 2.67.